The lowest BCUT2D eigenvalue weighted by Crippen LogP contribution is -2.50. The minimum atomic E-state index is -0.210. The topological polar surface area (TPSA) is 86.8 Å². The number of rotatable bonds is 3. The van der Waals surface area contributed by atoms with Gasteiger partial charge in [-0.2, -0.15) is 5.10 Å². The fourth-order valence-corrected chi connectivity index (χ4v) is 4.65. The van der Waals surface area contributed by atoms with E-state index >= 15 is 0 Å². The number of nitrogens with one attached hydrogen (secondary N) is 2. The van der Waals surface area contributed by atoms with Crippen LogP contribution in [0.15, 0.2) is 47.5 Å². The number of hydrogen-bond donors (Lipinski definition) is 2. The lowest BCUT2D eigenvalue weighted by Gasteiger charge is -2.40. The van der Waals surface area contributed by atoms with E-state index in [9.17, 15) is 4.79 Å². The second kappa shape index (κ2) is 7.79. The molecule has 1 aliphatic heterocycles. The molecular weight excluding hydrogens is 420 g/mol. The van der Waals surface area contributed by atoms with Crippen molar-refractivity contribution in [3.63, 3.8) is 0 Å². The number of carbonyl (C=O) groups excluding carboxylic acids is 1. The Bertz CT molecular complexity index is 1190. The molecule has 1 amide bonds. The van der Waals surface area contributed by atoms with Gasteiger partial charge in [0.25, 0.3) is 5.91 Å². The summed E-state index contributed by atoms with van der Waals surface area (Å²) in [6.45, 7) is 3.03. The number of aromatic nitrogens is 4. The van der Waals surface area contributed by atoms with E-state index in [0.717, 1.165) is 27.7 Å². The van der Waals surface area contributed by atoms with E-state index in [1.807, 2.05) is 42.3 Å². The molecule has 1 aromatic carbocycles. The predicted molar refractivity (Wildman–Crippen MR) is 117 cm³/mol. The SMILES string of the molecule is Cc1c(Cl)ccc2c(C3CNC(c4cccnc4)CN3C(=O)c3cscn3)[nH]nc12. The molecule has 2 atom stereocenters. The van der Waals surface area contributed by atoms with E-state index in [1.54, 1.807) is 17.1 Å². The fraction of sp³-hybridized carbons (Fsp3) is 0.238. The van der Waals surface area contributed by atoms with Crippen LogP contribution in [0, 0.1) is 6.92 Å². The summed E-state index contributed by atoms with van der Waals surface area (Å²) in [5, 5.41) is 14.7. The Hall–Kier alpha value is -2.81. The highest BCUT2D eigenvalue weighted by atomic mass is 35.5. The summed E-state index contributed by atoms with van der Waals surface area (Å²) in [5.41, 5.74) is 5.83. The Labute approximate surface area is 182 Å². The van der Waals surface area contributed by atoms with Gasteiger partial charge in [-0.15, -0.1) is 11.3 Å². The molecule has 2 N–H and O–H groups in total. The summed E-state index contributed by atoms with van der Waals surface area (Å²) in [6.07, 6.45) is 3.58. The zero-order valence-corrected chi connectivity index (χ0v) is 17.7. The maximum absolute atomic E-state index is 13.4. The number of fused-ring (bicyclic) bond motifs is 1. The normalized spacial score (nSPS) is 19.3. The number of piperazine rings is 1. The van der Waals surface area contributed by atoms with Gasteiger partial charge in [0.2, 0.25) is 0 Å². The third kappa shape index (κ3) is 3.27. The molecule has 4 aromatic rings. The van der Waals surface area contributed by atoms with Crippen molar-refractivity contribution < 1.29 is 4.79 Å². The Kier molecular flexibility index (Phi) is 4.98. The number of thiazole rings is 1. The van der Waals surface area contributed by atoms with Crippen LogP contribution in [0.1, 0.15) is 39.4 Å². The Morgan fingerprint density at radius 3 is 3.00 bits per heavy atom. The number of aromatic amines is 1. The standard InChI is InChI=1S/C21H19ClN6OS/c1-12-15(22)5-4-14-19(12)26-27-20(14)18-8-24-16(13-3-2-6-23-7-13)9-28(18)21(29)17-10-30-11-25-17/h2-7,10-11,16,18,24H,8-9H2,1H3,(H,26,27). The summed E-state index contributed by atoms with van der Waals surface area (Å²) < 4.78 is 0. The van der Waals surface area contributed by atoms with Gasteiger partial charge in [-0.3, -0.25) is 14.9 Å². The van der Waals surface area contributed by atoms with E-state index in [2.05, 4.69) is 25.5 Å². The van der Waals surface area contributed by atoms with Gasteiger partial charge in [0.15, 0.2) is 0 Å². The first-order chi connectivity index (χ1) is 14.6. The first kappa shape index (κ1) is 19.2. The number of carbonyl (C=O) groups is 1. The number of benzene rings is 1. The number of H-pyrrole nitrogens is 1. The molecule has 0 aliphatic carbocycles. The molecular formula is C21H19ClN6OS. The van der Waals surface area contributed by atoms with Crippen molar-refractivity contribution in [2.75, 3.05) is 13.1 Å². The maximum atomic E-state index is 13.4. The van der Waals surface area contributed by atoms with Crippen molar-refractivity contribution >= 4 is 39.7 Å². The van der Waals surface area contributed by atoms with Crippen LogP contribution < -0.4 is 5.32 Å². The number of nitrogens with zero attached hydrogens (tertiary/aromatic N) is 4. The summed E-state index contributed by atoms with van der Waals surface area (Å²) in [7, 11) is 0. The summed E-state index contributed by atoms with van der Waals surface area (Å²) in [6, 6.07) is 7.54. The second-order valence-electron chi connectivity index (χ2n) is 7.30. The summed E-state index contributed by atoms with van der Waals surface area (Å²) >= 11 is 7.69. The van der Waals surface area contributed by atoms with Crippen molar-refractivity contribution in [3.8, 4) is 0 Å². The van der Waals surface area contributed by atoms with Gasteiger partial charge in [0.1, 0.15) is 5.69 Å². The van der Waals surface area contributed by atoms with E-state index in [4.69, 9.17) is 11.6 Å². The van der Waals surface area contributed by atoms with Gasteiger partial charge < -0.3 is 10.2 Å². The molecule has 7 nitrogen and oxygen atoms in total. The van der Waals surface area contributed by atoms with Crippen LogP contribution in [-0.4, -0.2) is 44.1 Å². The molecule has 0 spiro atoms. The van der Waals surface area contributed by atoms with E-state index in [0.29, 0.717) is 23.8 Å². The van der Waals surface area contributed by atoms with Crippen molar-refractivity contribution in [2.24, 2.45) is 0 Å². The highest BCUT2D eigenvalue weighted by Gasteiger charge is 2.36. The molecule has 0 bridgehead atoms. The third-order valence-corrected chi connectivity index (χ3v) is 6.58. The zero-order valence-electron chi connectivity index (χ0n) is 16.2. The van der Waals surface area contributed by atoms with E-state index < -0.39 is 0 Å². The van der Waals surface area contributed by atoms with Crippen LogP contribution in [0.2, 0.25) is 5.02 Å². The number of hydrogen-bond acceptors (Lipinski definition) is 6. The van der Waals surface area contributed by atoms with Crippen LogP contribution in [0.5, 0.6) is 0 Å². The van der Waals surface area contributed by atoms with Crippen LogP contribution in [-0.2, 0) is 0 Å². The second-order valence-corrected chi connectivity index (χ2v) is 8.43. The highest BCUT2D eigenvalue weighted by molar-refractivity contribution is 7.07. The first-order valence-electron chi connectivity index (χ1n) is 9.59. The summed E-state index contributed by atoms with van der Waals surface area (Å²) in [5.74, 6) is -0.0925. The molecule has 1 aliphatic rings. The molecule has 2 unspecified atom stereocenters. The monoisotopic (exact) mass is 438 g/mol. The highest BCUT2D eigenvalue weighted by Crippen LogP contribution is 2.34. The quantitative estimate of drug-likeness (QED) is 0.506. The van der Waals surface area contributed by atoms with Crippen molar-refractivity contribution in [3.05, 3.63) is 75.1 Å². The van der Waals surface area contributed by atoms with E-state index in [1.165, 1.54) is 11.3 Å². The third-order valence-electron chi connectivity index (χ3n) is 5.59. The Morgan fingerprint density at radius 2 is 2.23 bits per heavy atom. The summed E-state index contributed by atoms with van der Waals surface area (Å²) in [4.78, 5) is 23.7. The van der Waals surface area contributed by atoms with Gasteiger partial charge in [-0.1, -0.05) is 17.7 Å². The average Bonchev–Trinajstić information content (AvgIpc) is 3.46. The van der Waals surface area contributed by atoms with Crippen molar-refractivity contribution in [1.82, 2.24) is 30.4 Å². The van der Waals surface area contributed by atoms with Gasteiger partial charge in [0.05, 0.1) is 28.8 Å². The van der Waals surface area contributed by atoms with Gasteiger partial charge in [0, 0.05) is 41.3 Å². The molecule has 9 heteroatoms. The first-order valence-corrected chi connectivity index (χ1v) is 10.9. The molecule has 5 rings (SSSR count). The van der Waals surface area contributed by atoms with Gasteiger partial charge in [-0.25, -0.2) is 4.98 Å². The number of amides is 1. The number of pyridine rings is 1. The molecule has 152 valence electrons. The molecule has 3 aromatic heterocycles. The lowest BCUT2D eigenvalue weighted by molar-refractivity contribution is 0.0572. The molecule has 4 heterocycles. The molecule has 1 saturated heterocycles. The molecule has 0 saturated carbocycles. The largest absolute Gasteiger partial charge is 0.325 e. The Morgan fingerprint density at radius 1 is 1.33 bits per heavy atom. The number of halogens is 1. The predicted octanol–water partition coefficient (Wildman–Crippen LogP) is 3.90. The molecule has 1 fully saturated rings. The minimum absolute atomic E-state index is 0.0112. The van der Waals surface area contributed by atoms with Crippen LogP contribution in [0.3, 0.4) is 0 Å². The molecule has 30 heavy (non-hydrogen) atoms. The lowest BCUT2D eigenvalue weighted by atomic mass is 9.99. The average molecular weight is 439 g/mol. The van der Waals surface area contributed by atoms with Gasteiger partial charge in [-0.05, 0) is 36.2 Å². The van der Waals surface area contributed by atoms with Crippen molar-refractivity contribution in [1.29, 1.82) is 0 Å². The fourth-order valence-electron chi connectivity index (χ4n) is 3.97. The van der Waals surface area contributed by atoms with Crippen molar-refractivity contribution in [2.45, 2.75) is 19.0 Å². The van der Waals surface area contributed by atoms with Crippen LogP contribution in [0.4, 0.5) is 0 Å². The molecule has 0 radical (unpaired) electrons. The zero-order chi connectivity index (χ0) is 20.7. The van der Waals surface area contributed by atoms with Crippen LogP contribution in [0.25, 0.3) is 10.9 Å². The van der Waals surface area contributed by atoms with E-state index in [-0.39, 0.29) is 18.0 Å². The number of aryl methyl sites for hydroxylation is 1. The van der Waals surface area contributed by atoms with Crippen LogP contribution >= 0.6 is 22.9 Å². The Balaban J connectivity index is 1.55. The minimum Gasteiger partial charge on any atom is -0.325 e. The van der Waals surface area contributed by atoms with Gasteiger partial charge >= 0.3 is 0 Å². The maximum Gasteiger partial charge on any atom is 0.273 e. The smallest absolute Gasteiger partial charge is 0.273 e.